The fraction of sp³-hybridized carbons (Fsp3) is 0.588. The topological polar surface area (TPSA) is 38.8 Å². The summed E-state index contributed by atoms with van der Waals surface area (Å²) in [6.45, 7) is 5.08. The van der Waals surface area contributed by atoms with Gasteiger partial charge in [0.2, 0.25) is 0 Å². The van der Waals surface area contributed by atoms with Crippen molar-refractivity contribution in [1.82, 2.24) is 4.90 Å². The van der Waals surface area contributed by atoms with Crippen LogP contribution in [0.1, 0.15) is 32.3 Å². The Labute approximate surface area is 139 Å². The predicted octanol–water partition coefficient (Wildman–Crippen LogP) is 3.50. The number of piperidine rings is 1. The van der Waals surface area contributed by atoms with E-state index in [-0.39, 0.29) is 17.8 Å². The Balaban J connectivity index is 1.98. The Morgan fingerprint density at radius 1 is 1.29 bits per heavy atom. The van der Waals surface area contributed by atoms with Gasteiger partial charge in [-0.2, -0.15) is 13.2 Å². The molecule has 24 heavy (non-hydrogen) atoms. The zero-order valence-corrected chi connectivity index (χ0v) is 13.8. The molecule has 0 aromatic heterocycles. The molecule has 0 bridgehead atoms. The lowest BCUT2D eigenvalue weighted by Gasteiger charge is -2.33. The van der Waals surface area contributed by atoms with E-state index < -0.39 is 17.8 Å². The van der Waals surface area contributed by atoms with Crippen LogP contribution < -0.4 is 4.74 Å². The summed E-state index contributed by atoms with van der Waals surface area (Å²) >= 11 is 0. The molecule has 1 aliphatic rings. The van der Waals surface area contributed by atoms with E-state index in [9.17, 15) is 18.0 Å². The first kappa shape index (κ1) is 18.6. The number of halogens is 3. The molecule has 1 aromatic carbocycles. The normalized spacial score (nSPS) is 17.6. The highest BCUT2D eigenvalue weighted by atomic mass is 19.4. The van der Waals surface area contributed by atoms with Crippen molar-refractivity contribution in [2.45, 2.75) is 45.1 Å². The number of alkyl halides is 3. The number of amides is 1. The predicted molar refractivity (Wildman–Crippen MR) is 82.8 cm³/mol. The Kier molecular flexibility index (Phi) is 6.10. The fourth-order valence-corrected chi connectivity index (χ4v) is 2.78. The molecule has 0 N–H and O–H groups in total. The van der Waals surface area contributed by atoms with Gasteiger partial charge in [-0.15, -0.1) is 0 Å². The first-order valence-electron chi connectivity index (χ1n) is 8.06. The van der Waals surface area contributed by atoms with Crippen molar-refractivity contribution in [2.75, 3.05) is 19.7 Å². The summed E-state index contributed by atoms with van der Waals surface area (Å²) in [7, 11) is 0. The molecule has 4 nitrogen and oxygen atoms in total. The van der Waals surface area contributed by atoms with Crippen LogP contribution in [0.15, 0.2) is 24.3 Å². The SMILES string of the molecule is CCOC1CCN(C(=O)C(C)Oc2ccccc2C(F)(F)F)CC1. The molecule has 0 saturated carbocycles. The van der Waals surface area contributed by atoms with Gasteiger partial charge in [0, 0.05) is 19.7 Å². The average Bonchev–Trinajstić information content (AvgIpc) is 2.54. The van der Waals surface area contributed by atoms with Crippen LogP contribution in [0.2, 0.25) is 0 Å². The molecule has 1 fully saturated rings. The third-order valence-electron chi connectivity index (χ3n) is 4.00. The van der Waals surface area contributed by atoms with Crippen LogP contribution in [-0.2, 0) is 15.7 Å². The number of para-hydroxylation sites is 1. The number of nitrogens with zero attached hydrogens (tertiary/aromatic N) is 1. The lowest BCUT2D eigenvalue weighted by Crippen LogP contribution is -2.46. The Morgan fingerprint density at radius 2 is 1.92 bits per heavy atom. The molecule has 1 aliphatic heterocycles. The third kappa shape index (κ3) is 4.63. The minimum Gasteiger partial charge on any atom is -0.480 e. The maximum atomic E-state index is 13.0. The lowest BCUT2D eigenvalue weighted by atomic mass is 10.1. The van der Waals surface area contributed by atoms with Crippen LogP contribution in [0.25, 0.3) is 0 Å². The number of carbonyl (C=O) groups excluding carboxylic acids is 1. The van der Waals surface area contributed by atoms with Crippen LogP contribution in [-0.4, -0.2) is 42.7 Å². The van der Waals surface area contributed by atoms with E-state index in [1.165, 1.54) is 25.1 Å². The molecule has 2 rings (SSSR count). The second-order valence-corrected chi connectivity index (χ2v) is 5.73. The van der Waals surface area contributed by atoms with Crippen molar-refractivity contribution in [2.24, 2.45) is 0 Å². The largest absolute Gasteiger partial charge is 0.480 e. The van der Waals surface area contributed by atoms with Gasteiger partial charge in [-0.3, -0.25) is 4.79 Å². The molecule has 1 atom stereocenters. The average molecular weight is 345 g/mol. The molecule has 0 aliphatic carbocycles. The number of hydrogen-bond acceptors (Lipinski definition) is 3. The monoisotopic (exact) mass is 345 g/mol. The van der Waals surface area contributed by atoms with E-state index in [4.69, 9.17) is 9.47 Å². The van der Waals surface area contributed by atoms with Crippen LogP contribution >= 0.6 is 0 Å². The van der Waals surface area contributed by atoms with Gasteiger partial charge in [-0.25, -0.2) is 0 Å². The molecular formula is C17H22F3NO3. The highest BCUT2D eigenvalue weighted by molar-refractivity contribution is 5.81. The highest BCUT2D eigenvalue weighted by Gasteiger charge is 2.35. The summed E-state index contributed by atoms with van der Waals surface area (Å²) in [5, 5.41) is 0. The number of benzene rings is 1. The van der Waals surface area contributed by atoms with E-state index in [0.29, 0.717) is 19.7 Å². The standard InChI is InChI=1S/C17H22F3NO3/c1-3-23-13-8-10-21(11-9-13)16(22)12(2)24-15-7-5-4-6-14(15)17(18,19)20/h4-7,12-13H,3,8-11H2,1-2H3. The summed E-state index contributed by atoms with van der Waals surface area (Å²) in [4.78, 5) is 14.0. The molecule has 7 heteroatoms. The van der Waals surface area contributed by atoms with Crippen molar-refractivity contribution in [3.8, 4) is 5.75 Å². The quantitative estimate of drug-likeness (QED) is 0.820. The van der Waals surface area contributed by atoms with Crippen molar-refractivity contribution in [1.29, 1.82) is 0 Å². The van der Waals surface area contributed by atoms with Crippen LogP contribution in [0.5, 0.6) is 5.75 Å². The Morgan fingerprint density at radius 3 is 2.50 bits per heavy atom. The maximum absolute atomic E-state index is 13.0. The maximum Gasteiger partial charge on any atom is 0.419 e. The van der Waals surface area contributed by atoms with Gasteiger partial charge in [-0.05, 0) is 38.8 Å². The number of carbonyl (C=O) groups is 1. The molecular weight excluding hydrogens is 323 g/mol. The minimum absolute atomic E-state index is 0.140. The molecule has 1 unspecified atom stereocenters. The molecule has 0 radical (unpaired) electrons. The van der Waals surface area contributed by atoms with Crippen LogP contribution in [0.4, 0.5) is 13.2 Å². The van der Waals surface area contributed by atoms with Crippen molar-refractivity contribution >= 4 is 5.91 Å². The molecule has 0 spiro atoms. The van der Waals surface area contributed by atoms with Crippen LogP contribution in [0, 0.1) is 0 Å². The summed E-state index contributed by atoms with van der Waals surface area (Å²) in [5.41, 5.74) is -0.875. The molecule has 1 amide bonds. The number of likely N-dealkylation sites (tertiary alicyclic amines) is 1. The van der Waals surface area contributed by atoms with E-state index in [2.05, 4.69) is 0 Å². The number of hydrogen-bond donors (Lipinski definition) is 0. The molecule has 1 heterocycles. The van der Waals surface area contributed by atoms with Crippen molar-refractivity contribution in [3.05, 3.63) is 29.8 Å². The fourth-order valence-electron chi connectivity index (χ4n) is 2.78. The minimum atomic E-state index is -4.52. The number of ether oxygens (including phenoxy) is 2. The van der Waals surface area contributed by atoms with Gasteiger partial charge in [0.25, 0.3) is 5.91 Å². The van der Waals surface area contributed by atoms with Gasteiger partial charge >= 0.3 is 6.18 Å². The molecule has 1 saturated heterocycles. The second kappa shape index (κ2) is 7.88. The van der Waals surface area contributed by atoms with Crippen LogP contribution in [0.3, 0.4) is 0 Å². The Hall–Kier alpha value is -1.76. The van der Waals surface area contributed by atoms with Gasteiger partial charge in [0.1, 0.15) is 5.75 Å². The van der Waals surface area contributed by atoms with E-state index in [1.807, 2.05) is 6.92 Å². The molecule has 1 aromatic rings. The summed E-state index contributed by atoms with van der Waals surface area (Å²) in [5.74, 6) is -0.628. The van der Waals surface area contributed by atoms with Gasteiger partial charge in [0.15, 0.2) is 6.10 Å². The lowest BCUT2D eigenvalue weighted by molar-refractivity contribution is -0.144. The zero-order chi connectivity index (χ0) is 17.7. The smallest absolute Gasteiger partial charge is 0.419 e. The van der Waals surface area contributed by atoms with E-state index in [0.717, 1.165) is 18.9 Å². The summed E-state index contributed by atoms with van der Waals surface area (Å²) in [6.07, 6.45) is -3.90. The summed E-state index contributed by atoms with van der Waals surface area (Å²) < 4.78 is 49.8. The van der Waals surface area contributed by atoms with Crippen molar-refractivity contribution < 1.29 is 27.4 Å². The van der Waals surface area contributed by atoms with Gasteiger partial charge < -0.3 is 14.4 Å². The zero-order valence-electron chi connectivity index (χ0n) is 13.8. The highest BCUT2D eigenvalue weighted by Crippen LogP contribution is 2.36. The third-order valence-corrected chi connectivity index (χ3v) is 4.00. The van der Waals surface area contributed by atoms with Gasteiger partial charge in [0.05, 0.1) is 11.7 Å². The van der Waals surface area contributed by atoms with E-state index in [1.54, 1.807) is 4.90 Å². The summed E-state index contributed by atoms with van der Waals surface area (Å²) in [6, 6.07) is 4.92. The number of rotatable bonds is 5. The second-order valence-electron chi connectivity index (χ2n) is 5.73. The van der Waals surface area contributed by atoms with E-state index >= 15 is 0 Å². The first-order valence-corrected chi connectivity index (χ1v) is 8.06. The Bertz CT molecular complexity index is 554. The van der Waals surface area contributed by atoms with Gasteiger partial charge in [-0.1, -0.05) is 12.1 Å². The van der Waals surface area contributed by atoms with Crippen molar-refractivity contribution in [3.63, 3.8) is 0 Å². The molecule has 134 valence electrons. The first-order chi connectivity index (χ1) is 11.3.